The summed E-state index contributed by atoms with van der Waals surface area (Å²) >= 11 is 0. The van der Waals surface area contributed by atoms with Gasteiger partial charge in [0.05, 0.1) is 0 Å². The molecule has 0 fully saturated rings. The van der Waals surface area contributed by atoms with E-state index in [9.17, 15) is 40.0 Å². The molecule has 0 radical (unpaired) electrons. The lowest BCUT2D eigenvalue weighted by Crippen LogP contribution is -2.33. The quantitative estimate of drug-likeness (QED) is 0.474. The summed E-state index contributed by atoms with van der Waals surface area (Å²) in [6.45, 7) is 0. The molecule has 0 amide bonds. The maximum Gasteiger partial charge on any atom is 0.396 e. The molecule has 0 saturated heterocycles. The minimum absolute atomic E-state index is 0.121. The fourth-order valence-electron chi connectivity index (χ4n) is 0.764. The first-order chi connectivity index (χ1) is 8.74. The first-order valence-electron chi connectivity index (χ1n) is 4.60. The first kappa shape index (κ1) is 18.4. The van der Waals surface area contributed by atoms with Crippen LogP contribution >= 0.6 is 0 Å². The normalized spacial score (nSPS) is 15.9. The van der Waals surface area contributed by atoms with Gasteiger partial charge in [0.1, 0.15) is 6.42 Å². The fourth-order valence-corrected chi connectivity index (χ4v) is 1.11. The van der Waals surface area contributed by atoms with Crippen LogP contribution < -0.4 is 0 Å². The van der Waals surface area contributed by atoms with Gasteiger partial charge in [0, 0.05) is 0 Å². The van der Waals surface area contributed by atoms with Gasteiger partial charge in [-0.2, -0.15) is 30.4 Å². The van der Waals surface area contributed by atoms with Crippen molar-refractivity contribution >= 4 is 21.7 Å². The van der Waals surface area contributed by atoms with Gasteiger partial charge in [-0.3, -0.25) is 14.1 Å². The second-order valence-electron chi connectivity index (χ2n) is 3.38. The summed E-state index contributed by atoms with van der Waals surface area (Å²) in [6, 6.07) is 0. The standard InChI is InChI=1S/C6H4O2.C3H3F5O3S/c7-5-1-2-6(8)4-3-5;4-2(5,6)1-3(7,8)12(9,10)11/h1-4H;1H2,(H,9,10,11). The van der Waals surface area contributed by atoms with E-state index < -0.39 is 28.0 Å². The van der Waals surface area contributed by atoms with E-state index in [1.54, 1.807) is 0 Å². The van der Waals surface area contributed by atoms with Crippen LogP contribution in [0.2, 0.25) is 0 Å². The molecule has 0 saturated carbocycles. The average molecular weight is 322 g/mol. The van der Waals surface area contributed by atoms with Crippen molar-refractivity contribution < 1.29 is 44.5 Å². The van der Waals surface area contributed by atoms with Gasteiger partial charge < -0.3 is 0 Å². The molecule has 1 aliphatic rings. The molecule has 0 heterocycles. The Bertz CT molecular complexity index is 506. The lowest BCUT2D eigenvalue weighted by Gasteiger charge is -2.14. The minimum atomic E-state index is -5.99. The second-order valence-corrected chi connectivity index (χ2v) is 4.92. The van der Waals surface area contributed by atoms with Crippen molar-refractivity contribution in [3.63, 3.8) is 0 Å². The number of halogens is 5. The average Bonchev–Trinajstić information content (AvgIpc) is 2.18. The topological polar surface area (TPSA) is 88.5 Å². The number of rotatable bonds is 2. The van der Waals surface area contributed by atoms with E-state index in [4.69, 9.17) is 4.55 Å². The molecule has 0 unspecified atom stereocenters. The van der Waals surface area contributed by atoms with E-state index >= 15 is 0 Å². The van der Waals surface area contributed by atoms with Crippen molar-refractivity contribution in [3.8, 4) is 0 Å². The van der Waals surface area contributed by atoms with E-state index in [2.05, 4.69) is 0 Å². The van der Waals surface area contributed by atoms with Gasteiger partial charge in [0.25, 0.3) is 0 Å². The van der Waals surface area contributed by atoms with Crippen LogP contribution in [-0.4, -0.2) is 36.0 Å². The van der Waals surface area contributed by atoms with Gasteiger partial charge in [-0.05, 0) is 24.3 Å². The predicted octanol–water partition coefficient (Wildman–Crippen LogP) is 1.67. The number of hydrogen-bond acceptors (Lipinski definition) is 4. The van der Waals surface area contributed by atoms with Gasteiger partial charge in [-0.15, -0.1) is 0 Å². The number of hydrogen-bond donors (Lipinski definition) is 1. The number of ketones is 2. The summed E-state index contributed by atoms with van der Waals surface area (Å²) in [5.41, 5.74) is 0. The van der Waals surface area contributed by atoms with Gasteiger partial charge in [-0.1, -0.05) is 0 Å². The molecule has 11 heteroatoms. The molecule has 0 aromatic carbocycles. The predicted molar refractivity (Wildman–Crippen MR) is 55.5 cm³/mol. The Morgan fingerprint density at radius 3 is 1.35 bits per heavy atom. The van der Waals surface area contributed by atoms with Crippen molar-refractivity contribution in [2.75, 3.05) is 0 Å². The molecule has 0 atom stereocenters. The summed E-state index contributed by atoms with van der Waals surface area (Å²) in [6.07, 6.45) is -3.23. The third kappa shape index (κ3) is 7.09. The first-order valence-corrected chi connectivity index (χ1v) is 6.04. The highest BCUT2D eigenvalue weighted by Gasteiger charge is 2.52. The maximum atomic E-state index is 11.9. The van der Waals surface area contributed by atoms with Crippen LogP contribution in [0.15, 0.2) is 24.3 Å². The van der Waals surface area contributed by atoms with E-state index in [1.807, 2.05) is 0 Å². The van der Waals surface area contributed by atoms with Crippen LogP contribution in [0, 0.1) is 0 Å². The smallest absolute Gasteiger partial charge is 0.290 e. The van der Waals surface area contributed by atoms with Gasteiger partial charge >= 0.3 is 21.5 Å². The zero-order valence-electron chi connectivity index (χ0n) is 9.39. The second kappa shape index (κ2) is 6.22. The molecule has 1 rings (SSSR count). The Balaban J connectivity index is 0.000000388. The van der Waals surface area contributed by atoms with Crippen molar-refractivity contribution in [2.45, 2.75) is 17.9 Å². The molecular weight excluding hydrogens is 315 g/mol. The summed E-state index contributed by atoms with van der Waals surface area (Å²) in [4.78, 5) is 20.6. The molecule has 0 bridgehead atoms. The van der Waals surface area contributed by atoms with Crippen LogP contribution in [0.5, 0.6) is 0 Å². The van der Waals surface area contributed by atoms with Gasteiger partial charge in [-0.25, -0.2) is 0 Å². The van der Waals surface area contributed by atoms with Crippen LogP contribution in [0.25, 0.3) is 0 Å². The van der Waals surface area contributed by atoms with E-state index in [-0.39, 0.29) is 11.6 Å². The Hall–Kier alpha value is -1.62. The van der Waals surface area contributed by atoms with Gasteiger partial charge in [0.2, 0.25) is 0 Å². The van der Waals surface area contributed by atoms with Crippen LogP contribution in [0.4, 0.5) is 22.0 Å². The van der Waals surface area contributed by atoms with Crippen LogP contribution in [0.1, 0.15) is 6.42 Å². The number of alkyl halides is 5. The third-order valence-electron chi connectivity index (χ3n) is 1.61. The minimum Gasteiger partial charge on any atom is -0.290 e. The molecule has 0 aliphatic heterocycles. The SMILES string of the molecule is O=C1C=CC(=O)C=C1.O=S(=O)(O)C(F)(F)CC(F)(F)F. The van der Waals surface area contributed by atoms with E-state index in [0.717, 1.165) is 0 Å². The van der Waals surface area contributed by atoms with Gasteiger partial charge in [0.15, 0.2) is 11.6 Å². The fraction of sp³-hybridized carbons (Fsp3) is 0.333. The molecule has 0 aromatic heterocycles. The number of allylic oxidation sites excluding steroid dienone is 4. The molecule has 114 valence electrons. The largest absolute Gasteiger partial charge is 0.396 e. The molecule has 0 aromatic rings. The molecule has 20 heavy (non-hydrogen) atoms. The summed E-state index contributed by atoms with van der Waals surface area (Å²) in [5.74, 6) is -0.241. The highest BCUT2D eigenvalue weighted by atomic mass is 32.2. The van der Waals surface area contributed by atoms with Crippen molar-refractivity contribution in [1.82, 2.24) is 0 Å². The molecule has 1 N–H and O–H groups in total. The van der Waals surface area contributed by atoms with E-state index in [1.165, 1.54) is 24.3 Å². The van der Waals surface area contributed by atoms with Crippen LogP contribution in [-0.2, 0) is 19.7 Å². The summed E-state index contributed by atoms with van der Waals surface area (Å²) in [5, 5.41) is -5.18. The van der Waals surface area contributed by atoms with Crippen molar-refractivity contribution in [2.24, 2.45) is 0 Å². The highest BCUT2D eigenvalue weighted by Crippen LogP contribution is 2.34. The third-order valence-corrected chi connectivity index (χ3v) is 2.51. The zero-order valence-corrected chi connectivity index (χ0v) is 10.2. The lowest BCUT2D eigenvalue weighted by atomic mass is 10.2. The molecular formula is C9H7F5O5S. The highest BCUT2D eigenvalue weighted by molar-refractivity contribution is 7.86. The van der Waals surface area contributed by atoms with Crippen molar-refractivity contribution in [1.29, 1.82) is 0 Å². The van der Waals surface area contributed by atoms with Crippen molar-refractivity contribution in [3.05, 3.63) is 24.3 Å². The number of carbonyl (C=O) groups excluding carboxylic acids is 2. The number of carbonyl (C=O) groups is 2. The Morgan fingerprint density at radius 2 is 1.20 bits per heavy atom. The van der Waals surface area contributed by atoms with E-state index in [0.29, 0.717) is 0 Å². The molecule has 0 spiro atoms. The summed E-state index contributed by atoms with van der Waals surface area (Å²) in [7, 11) is -5.99. The Morgan fingerprint density at radius 1 is 0.900 bits per heavy atom. The Labute approximate surface area is 109 Å². The lowest BCUT2D eigenvalue weighted by molar-refractivity contribution is -0.168. The maximum absolute atomic E-state index is 11.9. The monoisotopic (exact) mass is 322 g/mol. The zero-order chi connectivity index (χ0) is 16.2. The van der Waals surface area contributed by atoms with Crippen LogP contribution in [0.3, 0.4) is 0 Å². The summed E-state index contributed by atoms with van der Waals surface area (Å²) < 4.78 is 84.3. The molecule has 5 nitrogen and oxygen atoms in total. The Kier molecular flexibility index (Phi) is 5.72. The molecule has 1 aliphatic carbocycles.